The number of hydrogen-bond donors (Lipinski definition) is 0. The molecule has 84 valence electrons. The summed E-state index contributed by atoms with van der Waals surface area (Å²) in [6, 6.07) is 4.06. The van der Waals surface area contributed by atoms with Crippen molar-refractivity contribution in [1.29, 1.82) is 5.26 Å². The number of hydrogen-bond acceptors (Lipinski definition) is 4. The first kappa shape index (κ1) is 11.8. The number of anilines is 1. The van der Waals surface area contributed by atoms with Crippen LogP contribution in [0.1, 0.15) is 0 Å². The molecule has 1 atom stereocenters. The Morgan fingerprint density at radius 1 is 1.56 bits per heavy atom. The zero-order chi connectivity index (χ0) is 11.5. The molecule has 2 heterocycles. The molecule has 0 amide bonds. The second-order valence-electron chi connectivity index (χ2n) is 3.39. The van der Waals surface area contributed by atoms with Gasteiger partial charge in [0, 0.05) is 17.2 Å². The van der Waals surface area contributed by atoms with Crippen LogP contribution in [0.5, 0.6) is 0 Å². The molecule has 0 spiro atoms. The van der Waals surface area contributed by atoms with E-state index in [0.717, 1.165) is 21.3 Å². The molecule has 1 aromatic heterocycles. The molecule has 0 bridgehead atoms. The van der Waals surface area contributed by atoms with E-state index in [-0.39, 0.29) is 6.10 Å². The fourth-order valence-electron chi connectivity index (χ4n) is 1.56. The molecule has 0 radical (unpaired) electrons. The maximum atomic E-state index is 8.83. The minimum atomic E-state index is -0.369. The summed E-state index contributed by atoms with van der Waals surface area (Å²) in [6.45, 7) is 1.87. The van der Waals surface area contributed by atoms with E-state index in [1.165, 1.54) is 0 Å². The van der Waals surface area contributed by atoms with Crippen molar-refractivity contribution in [2.45, 2.75) is 6.10 Å². The highest BCUT2D eigenvalue weighted by atomic mass is 79.9. The van der Waals surface area contributed by atoms with Gasteiger partial charge in [-0.25, -0.2) is 4.98 Å². The third-order valence-electron chi connectivity index (χ3n) is 2.30. The summed E-state index contributed by atoms with van der Waals surface area (Å²) in [5.74, 6) is 0.853. The van der Waals surface area contributed by atoms with Gasteiger partial charge in [0.2, 0.25) is 0 Å². The summed E-state index contributed by atoms with van der Waals surface area (Å²) in [5, 5.41) is 8.83. The topological polar surface area (TPSA) is 49.2 Å². The molecule has 1 aromatic rings. The summed E-state index contributed by atoms with van der Waals surface area (Å²) in [5.41, 5.74) is 0. The lowest BCUT2D eigenvalue weighted by molar-refractivity contribution is 0.0761. The lowest BCUT2D eigenvalue weighted by Crippen LogP contribution is -2.42. The van der Waals surface area contributed by atoms with Crippen LogP contribution in [0.2, 0.25) is 0 Å². The Bertz CT molecular complexity index is 433. The van der Waals surface area contributed by atoms with E-state index in [2.05, 4.69) is 42.9 Å². The van der Waals surface area contributed by atoms with E-state index >= 15 is 0 Å². The van der Waals surface area contributed by atoms with Crippen molar-refractivity contribution in [2.24, 2.45) is 0 Å². The Morgan fingerprint density at radius 2 is 2.38 bits per heavy atom. The molecule has 0 N–H and O–H groups in total. The number of halogens is 2. The van der Waals surface area contributed by atoms with Gasteiger partial charge in [-0.15, -0.1) is 0 Å². The van der Waals surface area contributed by atoms with E-state index in [1.54, 1.807) is 6.20 Å². The van der Waals surface area contributed by atoms with E-state index in [4.69, 9.17) is 10.00 Å². The average Bonchev–Trinajstić information content (AvgIpc) is 2.29. The van der Waals surface area contributed by atoms with E-state index in [9.17, 15) is 0 Å². The maximum Gasteiger partial charge on any atom is 0.161 e. The molecule has 2 rings (SSSR count). The Morgan fingerprint density at radius 3 is 3.06 bits per heavy atom. The number of pyridine rings is 1. The standard InChI is InChI=1S/C10H9Br2N3O/c11-7-3-9(12)10(14-5-7)15-1-2-16-8(4-13)6-15/h3,5,8H,1-2,6H2. The molecule has 16 heavy (non-hydrogen) atoms. The Labute approximate surface area is 110 Å². The molecule has 0 saturated carbocycles. The SMILES string of the molecule is N#CC1CN(c2ncc(Br)cc2Br)CCO1. The van der Waals surface area contributed by atoms with Gasteiger partial charge in [0.25, 0.3) is 0 Å². The van der Waals surface area contributed by atoms with Gasteiger partial charge in [-0.2, -0.15) is 5.26 Å². The number of rotatable bonds is 1. The van der Waals surface area contributed by atoms with Crippen molar-refractivity contribution >= 4 is 37.7 Å². The lowest BCUT2D eigenvalue weighted by Gasteiger charge is -2.31. The van der Waals surface area contributed by atoms with Crippen LogP contribution in [0.25, 0.3) is 0 Å². The van der Waals surface area contributed by atoms with Crippen molar-refractivity contribution in [3.05, 3.63) is 21.2 Å². The van der Waals surface area contributed by atoms with Gasteiger partial charge >= 0.3 is 0 Å². The van der Waals surface area contributed by atoms with Crippen LogP contribution < -0.4 is 4.90 Å². The molecule has 1 unspecified atom stereocenters. The van der Waals surface area contributed by atoms with Crippen LogP contribution in [0, 0.1) is 11.3 Å². The van der Waals surface area contributed by atoms with Crippen molar-refractivity contribution in [1.82, 2.24) is 4.98 Å². The van der Waals surface area contributed by atoms with E-state index in [0.29, 0.717) is 13.2 Å². The largest absolute Gasteiger partial charge is 0.360 e. The molecular weight excluding hydrogens is 338 g/mol. The van der Waals surface area contributed by atoms with Crippen LogP contribution in [-0.2, 0) is 4.74 Å². The first-order valence-electron chi connectivity index (χ1n) is 4.78. The van der Waals surface area contributed by atoms with Gasteiger partial charge < -0.3 is 9.64 Å². The highest BCUT2D eigenvalue weighted by molar-refractivity contribution is 9.11. The lowest BCUT2D eigenvalue weighted by atomic mass is 10.3. The van der Waals surface area contributed by atoms with Gasteiger partial charge in [-0.05, 0) is 37.9 Å². The molecule has 1 fully saturated rings. The van der Waals surface area contributed by atoms with Crippen LogP contribution in [0.4, 0.5) is 5.82 Å². The van der Waals surface area contributed by atoms with Crippen LogP contribution >= 0.6 is 31.9 Å². The Hall–Kier alpha value is -0.640. The summed E-state index contributed by atoms with van der Waals surface area (Å²) in [7, 11) is 0. The zero-order valence-electron chi connectivity index (χ0n) is 8.36. The van der Waals surface area contributed by atoms with Gasteiger partial charge in [0.05, 0.1) is 23.7 Å². The van der Waals surface area contributed by atoms with Crippen molar-refractivity contribution in [2.75, 3.05) is 24.6 Å². The van der Waals surface area contributed by atoms with Crippen molar-refractivity contribution in [3.8, 4) is 6.07 Å². The number of morpholine rings is 1. The average molecular weight is 347 g/mol. The smallest absolute Gasteiger partial charge is 0.161 e. The Balaban J connectivity index is 2.20. The fourth-order valence-corrected chi connectivity index (χ4v) is 2.80. The third-order valence-corrected chi connectivity index (χ3v) is 3.32. The fraction of sp³-hybridized carbons (Fsp3) is 0.400. The first-order chi connectivity index (χ1) is 7.70. The molecular formula is C10H9Br2N3O. The Kier molecular flexibility index (Phi) is 3.79. The predicted octanol–water partition coefficient (Wildman–Crippen LogP) is 2.34. The molecule has 0 aromatic carbocycles. The monoisotopic (exact) mass is 345 g/mol. The second-order valence-corrected chi connectivity index (χ2v) is 5.16. The van der Waals surface area contributed by atoms with Crippen LogP contribution in [0.3, 0.4) is 0 Å². The van der Waals surface area contributed by atoms with Crippen molar-refractivity contribution in [3.63, 3.8) is 0 Å². The second kappa shape index (κ2) is 5.13. The van der Waals surface area contributed by atoms with Crippen molar-refractivity contribution < 1.29 is 4.74 Å². The van der Waals surface area contributed by atoms with Crippen LogP contribution in [0.15, 0.2) is 21.2 Å². The molecule has 1 aliphatic rings. The van der Waals surface area contributed by atoms with Gasteiger partial charge in [0.15, 0.2) is 6.10 Å². The zero-order valence-corrected chi connectivity index (χ0v) is 11.5. The highest BCUT2D eigenvalue weighted by Crippen LogP contribution is 2.27. The minimum Gasteiger partial charge on any atom is -0.360 e. The molecule has 6 heteroatoms. The van der Waals surface area contributed by atoms with E-state index < -0.39 is 0 Å². The van der Waals surface area contributed by atoms with Gasteiger partial charge in [0.1, 0.15) is 5.82 Å². The molecule has 1 saturated heterocycles. The number of ether oxygens (including phenoxy) is 1. The first-order valence-corrected chi connectivity index (χ1v) is 6.36. The maximum absolute atomic E-state index is 8.83. The van der Waals surface area contributed by atoms with Crippen LogP contribution in [-0.4, -0.2) is 30.8 Å². The summed E-state index contributed by atoms with van der Waals surface area (Å²) < 4.78 is 7.13. The number of aromatic nitrogens is 1. The number of nitrogens with zero attached hydrogens (tertiary/aromatic N) is 3. The number of nitriles is 1. The summed E-state index contributed by atoms with van der Waals surface area (Å²) in [4.78, 5) is 6.39. The molecule has 4 nitrogen and oxygen atoms in total. The van der Waals surface area contributed by atoms with Gasteiger partial charge in [-0.1, -0.05) is 0 Å². The quantitative estimate of drug-likeness (QED) is 0.783. The summed E-state index contributed by atoms with van der Waals surface area (Å²) >= 11 is 6.82. The predicted molar refractivity (Wildman–Crippen MR) is 67.2 cm³/mol. The van der Waals surface area contributed by atoms with E-state index in [1.807, 2.05) is 11.0 Å². The normalized spacial score (nSPS) is 20.6. The van der Waals surface area contributed by atoms with Gasteiger partial charge in [-0.3, -0.25) is 0 Å². The highest BCUT2D eigenvalue weighted by Gasteiger charge is 2.22. The summed E-state index contributed by atoms with van der Waals surface area (Å²) in [6.07, 6.45) is 1.38. The third kappa shape index (κ3) is 2.54. The molecule has 1 aliphatic heterocycles. The minimum absolute atomic E-state index is 0.369. The molecule has 0 aliphatic carbocycles.